The van der Waals surface area contributed by atoms with Gasteiger partial charge in [0.1, 0.15) is 5.75 Å². The fraction of sp³-hybridized carbons (Fsp3) is 0. The molecule has 3 aromatic rings. The first kappa shape index (κ1) is 18.1. The maximum atomic E-state index is 12.7. The molecule has 0 radical (unpaired) electrons. The van der Waals surface area contributed by atoms with Crippen LogP contribution in [-0.4, -0.2) is 31.2 Å². The van der Waals surface area contributed by atoms with E-state index in [1.165, 1.54) is 12.1 Å². The second-order valence-corrected chi connectivity index (χ2v) is 7.58. The fourth-order valence-electron chi connectivity index (χ4n) is 2.69. The van der Waals surface area contributed by atoms with Crippen LogP contribution in [0.3, 0.4) is 0 Å². The van der Waals surface area contributed by atoms with Crippen LogP contribution in [0.15, 0.2) is 65.6 Å². The number of rotatable bonds is 3. The normalized spacial score (nSPS) is 15.4. The molecule has 2 N–H and O–H groups in total. The van der Waals surface area contributed by atoms with Gasteiger partial charge >= 0.3 is 0 Å². The lowest BCUT2D eigenvalue weighted by atomic mass is 10.2. The third kappa shape index (κ3) is 3.47. The number of thiocarbonyl (C=S) groups is 1. The van der Waals surface area contributed by atoms with Gasteiger partial charge in [-0.15, -0.1) is 0 Å². The van der Waals surface area contributed by atoms with Crippen molar-refractivity contribution in [3.8, 4) is 5.75 Å². The Morgan fingerprint density at radius 2 is 1.86 bits per heavy atom. The predicted octanol–water partition coefficient (Wildman–Crippen LogP) is 3.49. The van der Waals surface area contributed by atoms with Gasteiger partial charge in [-0.25, -0.2) is 4.98 Å². The van der Waals surface area contributed by atoms with E-state index in [9.17, 15) is 14.7 Å². The molecule has 1 aromatic heterocycles. The molecule has 0 saturated carbocycles. The lowest BCUT2D eigenvalue weighted by Gasteiger charge is -2.16. The molecule has 2 aromatic carbocycles. The van der Waals surface area contributed by atoms with Gasteiger partial charge in [0.2, 0.25) is 0 Å². The molecule has 2 heterocycles. The Balaban J connectivity index is 1.57. The highest BCUT2D eigenvalue weighted by Crippen LogP contribution is 2.31. The zero-order valence-electron chi connectivity index (χ0n) is 14.3. The Bertz CT molecular complexity index is 1160. The van der Waals surface area contributed by atoms with Gasteiger partial charge in [-0.05, 0) is 42.6 Å². The fourth-order valence-corrected chi connectivity index (χ4v) is 3.85. The Kier molecular flexibility index (Phi) is 4.81. The second-order valence-electron chi connectivity index (χ2n) is 5.90. The van der Waals surface area contributed by atoms with Gasteiger partial charge < -0.3 is 5.11 Å². The predicted molar refractivity (Wildman–Crippen MR) is 112 cm³/mol. The van der Waals surface area contributed by atoms with E-state index in [2.05, 4.69) is 10.4 Å². The average molecular weight is 407 g/mol. The summed E-state index contributed by atoms with van der Waals surface area (Å²) in [6.07, 6.45) is 1.64. The first-order valence-electron chi connectivity index (χ1n) is 8.25. The Labute approximate surface area is 169 Å². The highest BCUT2D eigenvalue weighted by molar-refractivity contribution is 8.26. The summed E-state index contributed by atoms with van der Waals surface area (Å²) >= 11 is 6.29. The van der Waals surface area contributed by atoms with Crippen molar-refractivity contribution >= 4 is 57.1 Å². The van der Waals surface area contributed by atoms with Gasteiger partial charge in [-0.3, -0.25) is 15.0 Å². The number of hydrazine groups is 1. The number of nitrogens with zero attached hydrogens (tertiary/aromatic N) is 2. The van der Waals surface area contributed by atoms with E-state index < -0.39 is 11.8 Å². The van der Waals surface area contributed by atoms with Crippen molar-refractivity contribution in [3.63, 3.8) is 0 Å². The third-order valence-corrected chi connectivity index (χ3v) is 5.36. The highest BCUT2D eigenvalue weighted by Gasteiger charge is 2.34. The van der Waals surface area contributed by atoms with Crippen LogP contribution in [-0.2, 0) is 4.79 Å². The summed E-state index contributed by atoms with van der Waals surface area (Å²) < 4.78 is 0.195. The van der Waals surface area contributed by atoms with Crippen LogP contribution in [0.4, 0.5) is 0 Å². The summed E-state index contributed by atoms with van der Waals surface area (Å²) in [7, 11) is 0. The van der Waals surface area contributed by atoms with Crippen LogP contribution in [0.2, 0.25) is 0 Å². The summed E-state index contributed by atoms with van der Waals surface area (Å²) in [4.78, 5) is 29.9. The van der Waals surface area contributed by atoms with E-state index in [1.54, 1.807) is 18.2 Å². The Hall–Kier alpha value is -3.23. The number of fused-ring (bicyclic) bond motifs is 1. The molecular weight excluding hydrogens is 394 g/mol. The summed E-state index contributed by atoms with van der Waals surface area (Å²) in [5, 5.41) is 11.8. The SMILES string of the molecule is O=C(NN1C(=O)C(=Cc2ccc3ccccc3n2)SC1=S)c1ccccc1O. The molecule has 1 fully saturated rings. The number of phenols is 1. The Morgan fingerprint density at radius 3 is 2.68 bits per heavy atom. The lowest BCUT2D eigenvalue weighted by Crippen LogP contribution is -2.44. The number of thioether (sulfide) groups is 1. The minimum absolute atomic E-state index is 0.0525. The minimum atomic E-state index is -0.625. The van der Waals surface area contributed by atoms with Gasteiger partial charge in [0, 0.05) is 5.39 Å². The van der Waals surface area contributed by atoms with Crippen LogP contribution in [0.5, 0.6) is 5.75 Å². The zero-order valence-corrected chi connectivity index (χ0v) is 16.0. The van der Waals surface area contributed by atoms with Crippen molar-refractivity contribution in [2.45, 2.75) is 0 Å². The summed E-state index contributed by atoms with van der Waals surface area (Å²) in [5.74, 6) is -1.26. The monoisotopic (exact) mass is 407 g/mol. The largest absolute Gasteiger partial charge is 0.507 e. The molecule has 1 aliphatic heterocycles. The van der Waals surface area contributed by atoms with Gasteiger partial charge in [-0.2, -0.15) is 5.01 Å². The lowest BCUT2D eigenvalue weighted by molar-refractivity contribution is -0.123. The highest BCUT2D eigenvalue weighted by atomic mass is 32.2. The summed E-state index contributed by atoms with van der Waals surface area (Å²) in [5.41, 5.74) is 3.93. The smallest absolute Gasteiger partial charge is 0.285 e. The van der Waals surface area contributed by atoms with E-state index in [1.807, 2.05) is 36.4 Å². The minimum Gasteiger partial charge on any atom is -0.507 e. The van der Waals surface area contributed by atoms with Crippen molar-refractivity contribution in [1.29, 1.82) is 0 Å². The van der Waals surface area contributed by atoms with Crippen molar-refractivity contribution < 1.29 is 14.7 Å². The second kappa shape index (κ2) is 7.41. The molecule has 1 saturated heterocycles. The standard InChI is InChI=1S/C20H13N3O3S2/c24-16-8-4-2-6-14(16)18(25)22-23-19(26)17(28-20(23)27)11-13-10-9-12-5-1-3-7-15(12)21-13/h1-11,24H,(H,22,25). The number of pyridine rings is 1. The zero-order chi connectivity index (χ0) is 19.7. The number of para-hydroxylation sites is 2. The molecule has 4 rings (SSSR count). The average Bonchev–Trinajstić information content (AvgIpc) is 2.95. The van der Waals surface area contributed by atoms with Crippen molar-refractivity contribution in [2.24, 2.45) is 0 Å². The van der Waals surface area contributed by atoms with E-state index in [0.29, 0.717) is 10.6 Å². The van der Waals surface area contributed by atoms with Crippen molar-refractivity contribution in [1.82, 2.24) is 15.4 Å². The molecule has 8 heteroatoms. The molecule has 2 amide bonds. The first-order valence-corrected chi connectivity index (χ1v) is 9.48. The number of aromatic nitrogens is 1. The van der Waals surface area contributed by atoms with E-state index in [-0.39, 0.29) is 15.6 Å². The molecule has 0 aliphatic carbocycles. The number of carbonyl (C=O) groups excluding carboxylic acids is 2. The molecule has 138 valence electrons. The van der Waals surface area contributed by atoms with Crippen molar-refractivity contribution in [3.05, 3.63) is 76.8 Å². The van der Waals surface area contributed by atoms with Crippen LogP contribution in [0, 0.1) is 0 Å². The number of hydrogen-bond donors (Lipinski definition) is 2. The van der Waals surface area contributed by atoms with E-state index >= 15 is 0 Å². The number of hydrogen-bond acceptors (Lipinski definition) is 6. The van der Waals surface area contributed by atoms with Crippen LogP contribution >= 0.6 is 24.0 Å². The number of carbonyl (C=O) groups is 2. The molecule has 0 unspecified atom stereocenters. The van der Waals surface area contributed by atoms with Crippen LogP contribution in [0.25, 0.3) is 17.0 Å². The number of phenolic OH excluding ortho intramolecular Hbond substituents is 1. The van der Waals surface area contributed by atoms with Crippen LogP contribution in [0.1, 0.15) is 16.1 Å². The van der Waals surface area contributed by atoms with E-state index in [0.717, 1.165) is 27.7 Å². The number of aromatic hydroxyl groups is 1. The number of amides is 2. The number of nitrogens with one attached hydrogen (secondary N) is 1. The quantitative estimate of drug-likeness (QED) is 0.511. The molecule has 0 spiro atoms. The first-order chi connectivity index (χ1) is 13.5. The molecule has 6 nitrogen and oxygen atoms in total. The van der Waals surface area contributed by atoms with Crippen molar-refractivity contribution in [2.75, 3.05) is 0 Å². The molecule has 0 atom stereocenters. The molecule has 1 aliphatic rings. The van der Waals surface area contributed by atoms with Crippen LogP contribution < -0.4 is 5.43 Å². The van der Waals surface area contributed by atoms with Gasteiger partial charge in [0.15, 0.2) is 4.32 Å². The topological polar surface area (TPSA) is 82.5 Å². The van der Waals surface area contributed by atoms with Gasteiger partial charge in [-0.1, -0.05) is 48.2 Å². The summed E-state index contributed by atoms with van der Waals surface area (Å²) in [6.45, 7) is 0. The van der Waals surface area contributed by atoms with Gasteiger partial charge in [0.05, 0.1) is 21.7 Å². The number of benzene rings is 2. The summed E-state index contributed by atoms with van der Waals surface area (Å²) in [6, 6.07) is 17.5. The maximum absolute atomic E-state index is 12.7. The third-order valence-electron chi connectivity index (χ3n) is 4.05. The molecule has 0 bridgehead atoms. The van der Waals surface area contributed by atoms with Gasteiger partial charge in [0.25, 0.3) is 11.8 Å². The molecule has 28 heavy (non-hydrogen) atoms. The molecular formula is C20H13N3O3S2. The maximum Gasteiger partial charge on any atom is 0.285 e. The Morgan fingerprint density at radius 1 is 1.11 bits per heavy atom. The van der Waals surface area contributed by atoms with E-state index in [4.69, 9.17) is 12.2 Å².